The zero-order valence-corrected chi connectivity index (χ0v) is 12.5. The second-order valence-electron chi connectivity index (χ2n) is 3.99. The summed E-state index contributed by atoms with van der Waals surface area (Å²) in [6.45, 7) is 4.78. The minimum Gasteiger partial charge on any atom is -0.331 e. The smallest absolute Gasteiger partial charge is 0.191 e. The van der Waals surface area contributed by atoms with Crippen molar-refractivity contribution in [1.82, 2.24) is 0 Å². The fraction of sp³-hybridized carbons (Fsp3) is 1.00. The van der Waals surface area contributed by atoms with E-state index in [0.29, 0.717) is 6.61 Å². The summed E-state index contributed by atoms with van der Waals surface area (Å²) in [7, 11) is -1.71. The molecule has 92 valence electrons. The maximum Gasteiger partial charge on any atom is 0.191 e. The Bertz CT molecular complexity index is 165. The number of alkyl halides is 1. The molecule has 2 atom stereocenters. The van der Waals surface area contributed by atoms with Crippen LogP contribution in [0.25, 0.3) is 0 Å². The molecular formula is C11H24BrO2P. The van der Waals surface area contributed by atoms with Crippen LogP contribution in [0.4, 0.5) is 0 Å². The molecule has 15 heavy (non-hydrogen) atoms. The van der Waals surface area contributed by atoms with E-state index >= 15 is 0 Å². The molecule has 0 bridgehead atoms. The molecule has 0 amide bonds. The fourth-order valence-corrected chi connectivity index (χ4v) is 2.89. The van der Waals surface area contributed by atoms with Crippen LogP contribution < -0.4 is 0 Å². The monoisotopic (exact) mass is 298 g/mol. The minimum absolute atomic E-state index is 0.583. The van der Waals surface area contributed by atoms with Crippen molar-refractivity contribution in [2.24, 2.45) is 5.92 Å². The molecule has 0 fully saturated rings. The molecule has 0 heterocycles. The highest BCUT2D eigenvalue weighted by atomic mass is 79.9. The van der Waals surface area contributed by atoms with Crippen molar-refractivity contribution in [2.45, 2.75) is 46.0 Å². The molecule has 0 saturated carbocycles. The number of halogens is 1. The highest BCUT2D eigenvalue weighted by Crippen LogP contribution is 2.24. The van der Waals surface area contributed by atoms with Gasteiger partial charge in [0.05, 0.1) is 6.61 Å². The molecule has 0 saturated heterocycles. The molecule has 0 aromatic heterocycles. The third-order valence-electron chi connectivity index (χ3n) is 2.46. The number of hydrogen-bond acceptors (Lipinski definition) is 2. The fourth-order valence-electron chi connectivity index (χ4n) is 1.57. The normalized spacial score (nSPS) is 15.1. The zero-order chi connectivity index (χ0) is 11.5. The van der Waals surface area contributed by atoms with Crippen molar-refractivity contribution in [2.75, 3.05) is 18.1 Å². The third-order valence-corrected chi connectivity index (χ3v) is 4.40. The molecule has 0 aliphatic heterocycles. The maximum atomic E-state index is 11.2. The molecule has 0 N–H and O–H groups in total. The van der Waals surface area contributed by atoms with Gasteiger partial charge in [-0.25, -0.2) is 0 Å². The summed E-state index contributed by atoms with van der Waals surface area (Å²) in [4.78, 5) is 0. The topological polar surface area (TPSA) is 26.3 Å². The van der Waals surface area contributed by atoms with Gasteiger partial charge in [0.2, 0.25) is 0 Å². The summed E-state index contributed by atoms with van der Waals surface area (Å²) in [5.74, 6) is 0.803. The van der Waals surface area contributed by atoms with Gasteiger partial charge in [-0.1, -0.05) is 35.7 Å². The second kappa shape index (κ2) is 11.2. The van der Waals surface area contributed by atoms with E-state index in [2.05, 4.69) is 22.9 Å². The van der Waals surface area contributed by atoms with Crippen molar-refractivity contribution in [3.63, 3.8) is 0 Å². The summed E-state index contributed by atoms with van der Waals surface area (Å²) < 4.78 is 16.3. The van der Waals surface area contributed by atoms with E-state index in [9.17, 15) is 4.57 Å². The largest absolute Gasteiger partial charge is 0.331 e. The van der Waals surface area contributed by atoms with Crippen LogP contribution >= 0.6 is 24.0 Å². The highest BCUT2D eigenvalue weighted by molar-refractivity contribution is 9.09. The average Bonchev–Trinajstić information content (AvgIpc) is 2.22. The van der Waals surface area contributed by atoms with Gasteiger partial charge in [0.25, 0.3) is 0 Å². The van der Waals surface area contributed by atoms with E-state index in [1.165, 1.54) is 25.7 Å². The molecule has 0 radical (unpaired) electrons. The lowest BCUT2D eigenvalue weighted by Crippen LogP contribution is -1.96. The van der Waals surface area contributed by atoms with Crippen molar-refractivity contribution in [3.8, 4) is 0 Å². The van der Waals surface area contributed by atoms with Crippen LogP contribution in [0, 0.1) is 5.92 Å². The number of hydrogen-bond donors (Lipinski definition) is 0. The molecule has 0 aliphatic rings. The minimum atomic E-state index is -1.71. The Balaban J connectivity index is 3.26. The van der Waals surface area contributed by atoms with Crippen LogP contribution in [0.3, 0.4) is 0 Å². The van der Waals surface area contributed by atoms with Gasteiger partial charge in [-0.15, -0.1) is 0 Å². The van der Waals surface area contributed by atoms with Crippen LogP contribution in [0.1, 0.15) is 46.0 Å². The van der Waals surface area contributed by atoms with Gasteiger partial charge in [-0.2, -0.15) is 0 Å². The van der Waals surface area contributed by atoms with Crippen LogP contribution in [-0.2, 0) is 9.09 Å². The molecule has 2 unspecified atom stereocenters. The quantitative estimate of drug-likeness (QED) is 0.338. The summed E-state index contributed by atoms with van der Waals surface area (Å²) in [6, 6.07) is 0. The number of unbranched alkanes of at least 4 members (excludes halogenated alkanes) is 1. The summed E-state index contributed by atoms with van der Waals surface area (Å²) in [6.07, 6.45) is 6.82. The molecule has 4 heteroatoms. The van der Waals surface area contributed by atoms with Crippen molar-refractivity contribution >= 4 is 24.0 Å². The van der Waals surface area contributed by atoms with E-state index in [-0.39, 0.29) is 0 Å². The Morgan fingerprint density at radius 2 is 1.93 bits per heavy atom. The summed E-state index contributed by atoms with van der Waals surface area (Å²) in [5.41, 5.74) is 0. The van der Waals surface area contributed by atoms with E-state index < -0.39 is 8.03 Å². The summed E-state index contributed by atoms with van der Waals surface area (Å²) >= 11 is 3.44. The lowest BCUT2D eigenvalue weighted by atomic mass is 10.00. The first kappa shape index (κ1) is 15.7. The van der Waals surface area contributed by atoms with Crippen LogP contribution in [0.2, 0.25) is 0 Å². The molecule has 0 aromatic carbocycles. The Hall–Kier alpha value is 0.670. The van der Waals surface area contributed by atoms with Crippen molar-refractivity contribution < 1.29 is 9.09 Å². The third kappa shape index (κ3) is 10.9. The first-order valence-electron chi connectivity index (χ1n) is 5.92. The zero-order valence-electron chi connectivity index (χ0n) is 9.93. The van der Waals surface area contributed by atoms with Gasteiger partial charge < -0.3 is 4.52 Å². The molecule has 0 spiro atoms. The van der Waals surface area contributed by atoms with Gasteiger partial charge in [-0.3, -0.25) is 4.57 Å². The Morgan fingerprint density at radius 3 is 2.53 bits per heavy atom. The Labute approximate surface area is 103 Å². The van der Waals surface area contributed by atoms with Crippen molar-refractivity contribution in [3.05, 3.63) is 0 Å². The predicted molar refractivity (Wildman–Crippen MR) is 71.5 cm³/mol. The van der Waals surface area contributed by atoms with Gasteiger partial charge in [-0.05, 0) is 32.1 Å². The van der Waals surface area contributed by atoms with E-state index in [1.54, 1.807) is 0 Å². The van der Waals surface area contributed by atoms with Gasteiger partial charge in [0.1, 0.15) is 0 Å². The van der Waals surface area contributed by atoms with E-state index in [0.717, 1.165) is 23.8 Å². The molecule has 0 aliphatic carbocycles. The van der Waals surface area contributed by atoms with Crippen LogP contribution in [0.5, 0.6) is 0 Å². The standard InChI is InChI=1S/C11H24BrO2P/c1-3-14-15(13)10-5-4-7-11(2)8-6-9-12/h11,15H,3-10H2,1-2H3. The first-order valence-corrected chi connectivity index (χ1v) is 8.56. The van der Waals surface area contributed by atoms with Gasteiger partial charge >= 0.3 is 0 Å². The van der Waals surface area contributed by atoms with Crippen molar-refractivity contribution in [1.29, 1.82) is 0 Å². The highest BCUT2D eigenvalue weighted by Gasteiger charge is 2.03. The lowest BCUT2D eigenvalue weighted by molar-refractivity contribution is 0.349. The molecule has 0 rings (SSSR count). The molecular weight excluding hydrogens is 275 g/mol. The van der Waals surface area contributed by atoms with Gasteiger partial charge in [0.15, 0.2) is 8.03 Å². The van der Waals surface area contributed by atoms with Crippen LogP contribution in [-0.4, -0.2) is 18.1 Å². The lowest BCUT2D eigenvalue weighted by Gasteiger charge is -2.09. The predicted octanol–water partition coefficient (Wildman–Crippen LogP) is 4.48. The van der Waals surface area contributed by atoms with E-state index in [4.69, 9.17) is 4.52 Å². The molecule has 2 nitrogen and oxygen atoms in total. The van der Waals surface area contributed by atoms with Gasteiger partial charge in [0, 0.05) is 11.5 Å². The maximum absolute atomic E-state index is 11.2. The SMILES string of the molecule is CCO[PH](=O)CCCCC(C)CCCBr. The molecule has 0 aromatic rings. The Kier molecular flexibility index (Phi) is 11.7. The number of rotatable bonds is 10. The Morgan fingerprint density at radius 1 is 1.27 bits per heavy atom. The second-order valence-corrected chi connectivity index (χ2v) is 6.31. The van der Waals surface area contributed by atoms with Crippen LogP contribution in [0.15, 0.2) is 0 Å². The van der Waals surface area contributed by atoms with E-state index in [1.807, 2.05) is 6.92 Å². The average molecular weight is 299 g/mol. The summed E-state index contributed by atoms with van der Waals surface area (Å²) in [5, 5.41) is 1.11. The first-order chi connectivity index (χ1) is 7.20.